The molecule has 2 heterocycles. The van der Waals surface area contributed by atoms with E-state index in [1.54, 1.807) is 12.1 Å². The minimum absolute atomic E-state index is 0.468. The van der Waals surface area contributed by atoms with E-state index in [9.17, 15) is 14.4 Å². The smallest absolute Gasteiger partial charge is 0.333 e. The molecule has 1 aromatic carbocycles. The number of rotatable bonds is 2. The van der Waals surface area contributed by atoms with Gasteiger partial charge in [-0.25, -0.2) is 9.69 Å². The average molecular weight is 301 g/mol. The minimum atomic E-state index is -1.35. The van der Waals surface area contributed by atoms with E-state index in [4.69, 9.17) is 0 Å². The molecule has 2 aliphatic rings. The molecule has 114 valence electrons. The van der Waals surface area contributed by atoms with Crippen LogP contribution in [0.25, 0.3) is 0 Å². The number of benzene rings is 1. The molecule has 0 radical (unpaired) electrons. The zero-order valence-electron chi connectivity index (χ0n) is 12.4. The Morgan fingerprint density at radius 2 is 1.91 bits per heavy atom. The topological polar surface area (TPSA) is 88.4 Å². The number of hydrogen-bond acceptors (Lipinski definition) is 6. The van der Waals surface area contributed by atoms with Crippen molar-refractivity contribution >= 4 is 23.5 Å². The Hall–Kier alpha value is -2.57. The van der Waals surface area contributed by atoms with Gasteiger partial charge in [-0.3, -0.25) is 9.59 Å². The Balaban J connectivity index is 2.02. The summed E-state index contributed by atoms with van der Waals surface area (Å²) in [6, 6.07) is 5.94. The fraction of sp³-hybridized carbons (Fsp3) is 0.400. The summed E-state index contributed by atoms with van der Waals surface area (Å²) in [5.74, 6) is -2.56. The van der Waals surface area contributed by atoms with Gasteiger partial charge in [0.2, 0.25) is 5.91 Å². The van der Waals surface area contributed by atoms with Crippen molar-refractivity contribution in [3.05, 3.63) is 29.8 Å². The second kappa shape index (κ2) is 4.72. The van der Waals surface area contributed by atoms with Crippen LogP contribution in [0, 0.1) is 12.8 Å². The molecule has 3 unspecified atom stereocenters. The van der Waals surface area contributed by atoms with E-state index in [1.807, 2.05) is 19.1 Å². The fourth-order valence-corrected chi connectivity index (χ4v) is 2.88. The molecule has 2 aliphatic heterocycles. The van der Waals surface area contributed by atoms with Crippen LogP contribution in [0.15, 0.2) is 34.5 Å². The maximum atomic E-state index is 12.7. The summed E-state index contributed by atoms with van der Waals surface area (Å²) < 4.78 is 4.65. The number of imide groups is 1. The highest BCUT2D eigenvalue weighted by molar-refractivity contribution is 6.26. The summed E-state index contributed by atoms with van der Waals surface area (Å²) in [6.07, 6.45) is 0. The monoisotopic (exact) mass is 301 g/mol. The molecule has 0 bridgehead atoms. The van der Waals surface area contributed by atoms with Crippen LogP contribution in [-0.4, -0.2) is 36.5 Å². The Morgan fingerprint density at radius 3 is 2.50 bits per heavy atom. The van der Waals surface area contributed by atoms with Gasteiger partial charge in [0, 0.05) is 0 Å². The summed E-state index contributed by atoms with van der Waals surface area (Å²) in [6.45, 7) is 3.44. The van der Waals surface area contributed by atoms with Crippen LogP contribution < -0.4 is 4.90 Å². The van der Waals surface area contributed by atoms with Gasteiger partial charge in [-0.1, -0.05) is 17.7 Å². The minimum Gasteiger partial charge on any atom is -0.467 e. The van der Waals surface area contributed by atoms with Gasteiger partial charge < -0.3 is 4.74 Å². The number of azo groups is 1. The number of anilines is 1. The number of ether oxygens (including phenoxy) is 1. The van der Waals surface area contributed by atoms with E-state index >= 15 is 0 Å². The maximum absolute atomic E-state index is 12.7. The zero-order valence-corrected chi connectivity index (χ0v) is 12.4. The van der Waals surface area contributed by atoms with Crippen molar-refractivity contribution in [1.29, 1.82) is 0 Å². The highest BCUT2D eigenvalue weighted by Gasteiger charge is 2.65. The standard InChI is InChI=1S/C15H15N3O4/c1-8-4-6-9(7-5-8)18-12(19)10-11(13(20)22-3)16-17-15(10,2)14(18)21/h4-7,10-11H,1-3H3. The van der Waals surface area contributed by atoms with Gasteiger partial charge in [-0.15, -0.1) is 0 Å². The molecule has 0 aromatic heterocycles. The molecule has 1 aromatic rings. The third-order valence-corrected chi connectivity index (χ3v) is 4.17. The summed E-state index contributed by atoms with van der Waals surface area (Å²) in [4.78, 5) is 38.2. The van der Waals surface area contributed by atoms with Crippen molar-refractivity contribution in [2.24, 2.45) is 16.1 Å². The number of carbonyl (C=O) groups is 3. The molecule has 22 heavy (non-hydrogen) atoms. The number of aryl methyl sites for hydroxylation is 1. The molecule has 0 N–H and O–H groups in total. The number of nitrogens with zero attached hydrogens (tertiary/aromatic N) is 3. The Labute approximate surface area is 127 Å². The van der Waals surface area contributed by atoms with Crippen LogP contribution in [0.1, 0.15) is 12.5 Å². The molecule has 0 saturated carbocycles. The number of amides is 2. The number of hydrogen-bond donors (Lipinski definition) is 0. The average Bonchev–Trinajstić information content (AvgIpc) is 2.95. The first kappa shape index (κ1) is 14.4. The SMILES string of the molecule is COC(=O)C1N=NC2(C)C(=O)N(c3ccc(C)cc3)C(=O)C12. The second-order valence-corrected chi connectivity index (χ2v) is 5.62. The molecule has 7 heteroatoms. The largest absolute Gasteiger partial charge is 0.467 e. The van der Waals surface area contributed by atoms with Crippen LogP contribution in [-0.2, 0) is 19.1 Å². The zero-order chi connectivity index (χ0) is 16.1. The molecule has 1 saturated heterocycles. The molecule has 1 fully saturated rings. The van der Waals surface area contributed by atoms with E-state index in [2.05, 4.69) is 15.0 Å². The van der Waals surface area contributed by atoms with E-state index in [0.29, 0.717) is 5.69 Å². The Kier molecular flexibility index (Phi) is 3.09. The maximum Gasteiger partial charge on any atom is 0.333 e. The highest BCUT2D eigenvalue weighted by atomic mass is 16.5. The van der Waals surface area contributed by atoms with E-state index in [-0.39, 0.29) is 0 Å². The normalized spacial score (nSPS) is 29.9. The summed E-state index contributed by atoms with van der Waals surface area (Å²) in [7, 11) is 1.21. The van der Waals surface area contributed by atoms with Gasteiger partial charge in [0.05, 0.1) is 12.8 Å². The number of carbonyl (C=O) groups excluding carboxylic acids is 3. The first-order chi connectivity index (χ1) is 10.4. The molecule has 3 rings (SSSR count). The van der Waals surface area contributed by atoms with Crippen LogP contribution >= 0.6 is 0 Å². The predicted octanol–water partition coefficient (Wildman–Crippen LogP) is 1.25. The van der Waals surface area contributed by atoms with Crippen LogP contribution in [0.3, 0.4) is 0 Å². The van der Waals surface area contributed by atoms with Gasteiger partial charge in [0.1, 0.15) is 5.92 Å². The molecule has 0 spiro atoms. The third kappa shape index (κ3) is 1.78. The first-order valence-electron chi connectivity index (χ1n) is 6.85. The summed E-state index contributed by atoms with van der Waals surface area (Å²) in [5.41, 5.74) is 0.136. The van der Waals surface area contributed by atoms with Gasteiger partial charge in [-0.2, -0.15) is 10.2 Å². The van der Waals surface area contributed by atoms with E-state index in [1.165, 1.54) is 14.0 Å². The lowest BCUT2D eigenvalue weighted by atomic mass is 9.85. The molecular formula is C15H15N3O4. The molecule has 2 amide bonds. The van der Waals surface area contributed by atoms with Crippen molar-refractivity contribution in [1.82, 2.24) is 0 Å². The molecule has 0 aliphatic carbocycles. The summed E-state index contributed by atoms with van der Waals surface area (Å²) in [5, 5.41) is 7.70. The predicted molar refractivity (Wildman–Crippen MR) is 76.2 cm³/mol. The van der Waals surface area contributed by atoms with E-state index < -0.39 is 35.3 Å². The number of methoxy groups -OCH3 is 1. The van der Waals surface area contributed by atoms with Gasteiger partial charge in [0.25, 0.3) is 5.91 Å². The quantitative estimate of drug-likeness (QED) is 0.607. The number of esters is 1. The van der Waals surface area contributed by atoms with Crippen LogP contribution in [0.5, 0.6) is 0 Å². The van der Waals surface area contributed by atoms with Gasteiger partial charge in [0.15, 0.2) is 11.6 Å². The second-order valence-electron chi connectivity index (χ2n) is 5.62. The summed E-state index contributed by atoms with van der Waals surface area (Å²) >= 11 is 0. The Morgan fingerprint density at radius 1 is 1.27 bits per heavy atom. The highest BCUT2D eigenvalue weighted by Crippen LogP contribution is 2.43. The first-order valence-corrected chi connectivity index (χ1v) is 6.85. The van der Waals surface area contributed by atoms with Crippen molar-refractivity contribution in [2.45, 2.75) is 25.4 Å². The van der Waals surface area contributed by atoms with Crippen molar-refractivity contribution in [2.75, 3.05) is 12.0 Å². The number of fused-ring (bicyclic) bond motifs is 1. The lowest BCUT2D eigenvalue weighted by Crippen LogP contribution is -2.40. The van der Waals surface area contributed by atoms with E-state index in [0.717, 1.165) is 10.5 Å². The van der Waals surface area contributed by atoms with Crippen molar-refractivity contribution < 1.29 is 19.1 Å². The third-order valence-electron chi connectivity index (χ3n) is 4.17. The fourth-order valence-electron chi connectivity index (χ4n) is 2.88. The van der Waals surface area contributed by atoms with Gasteiger partial charge >= 0.3 is 5.97 Å². The Bertz CT molecular complexity index is 697. The lowest BCUT2D eigenvalue weighted by Gasteiger charge is -2.16. The van der Waals surface area contributed by atoms with Crippen molar-refractivity contribution in [3.8, 4) is 0 Å². The lowest BCUT2D eigenvalue weighted by molar-refractivity contribution is -0.145. The molecule has 7 nitrogen and oxygen atoms in total. The van der Waals surface area contributed by atoms with Crippen LogP contribution in [0.2, 0.25) is 0 Å². The molecular weight excluding hydrogens is 286 g/mol. The van der Waals surface area contributed by atoms with Crippen LogP contribution in [0.4, 0.5) is 5.69 Å². The molecule has 3 atom stereocenters. The van der Waals surface area contributed by atoms with Gasteiger partial charge in [-0.05, 0) is 26.0 Å². The van der Waals surface area contributed by atoms with Crippen molar-refractivity contribution in [3.63, 3.8) is 0 Å².